The summed E-state index contributed by atoms with van der Waals surface area (Å²) in [6.07, 6.45) is 10.7. The number of thiophene rings is 1. The third-order valence-corrected chi connectivity index (χ3v) is 24.6. The topological polar surface area (TPSA) is 441 Å². The number of carbonyl (C=O) groups is 4. The number of nitriles is 4. The molecule has 1 aliphatic heterocycles. The molecule has 4 atom stereocenters. The molecule has 0 bridgehead atoms. The van der Waals surface area contributed by atoms with Crippen LogP contribution in [0.5, 0.6) is 28.7 Å². The number of halogens is 4. The van der Waals surface area contributed by atoms with E-state index in [1.54, 1.807) is 99.4 Å². The molecule has 1 fully saturated rings. The molecular weight excluding hydrogens is 2040 g/mol. The first-order valence-electron chi connectivity index (χ1n) is 42.6. The molecule has 31 nitrogen and oxygen atoms in total. The van der Waals surface area contributed by atoms with Gasteiger partial charge in [-0.05, 0) is 104 Å². The fourth-order valence-electron chi connectivity index (χ4n) is 12.2. The Kier molecular flexibility index (Phi) is 58.9. The molecule has 1 saturated heterocycles. The molecule has 10 aromatic rings. The first kappa shape index (κ1) is 122. The second kappa shape index (κ2) is 66.0. The van der Waals surface area contributed by atoms with Gasteiger partial charge in [0.2, 0.25) is 0 Å². The van der Waals surface area contributed by atoms with Crippen LogP contribution in [-0.4, -0.2) is 184 Å². The molecule has 0 radical (unpaired) electrons. The van der Waals surface area contributed by atoms with Crippen molar-refractivity contribution in [2.75, 3.05) is 107 Å². The summed E-state index contributed by atoms with van der Waals surface area (Å²) in [5.41, 5.74) is 1.88. The maximum atomic E-state index is 14.3. The van der Waals surface area contributed by atoms with E-state index < -0.39 is 71.8 Å². The van der Waals surface area contributed by atoms with Crippen molar-refractivity contribution in [3.63, 3.8) is 0 Å². The molecule has 0 amide bonds. The van der Waals surface area contributed by atoms with Gasteiger partial charge < -0.3 is 71.9 Å². The number of ether oxygens (including phenoxy) is 11. The molecule has 745 valence electrons. The van der Waals surface area contributed by atoms with Gasteiger partial charge in [0.25, 0.3) is 5.56 Å². The zero-order valence-electron chi connectivity index (χ0n) is 79.8. The normalized spacial score (nSPS) is 12.4. The summed E-state index contributed by atoms with van der Waals surface area (Å²) in [5, 5.41) is 70.0. The van der Waals surface area contributed by atoms with Crippen LogP contribution in [-0.2, 0) is 70.2 Å². The van der Waals surface area contributed by atoms with Gasteiger partial charge in [-0.2, -0.15) is 31.2 Å². The first-order valence-corrected chi connectivity index (χ1v) is 55.6. The summed E-state index contributed by atoms with van der Waals surface area (Å²) < 4.78 is 75.4. The van der Waals surface area contributed by atoms with Crippen molar-refractivity contribution in [2.24, 2.45) is 0 Å². The van der Waals surface area contributed by atoms with Gasteiger partial charge in [0.1, 0.15) is 75.1 Å². The van der Waals surface area contributed by atoms with Gasteiger partial charge in [-0.15, -0.1) is 4.80 Å². The zero-order valence-corrected chi connectivity index (χ0v) is 88.0. The summed E-state index contributed by atoms with van der Waals surface area (Å²) in [5.74, 6) is 2.47. The number of epoxide rings is 1. The van der Waals surface area contributed by atoms with Crippen molar-refractivity contribution in [1.82, 2.24) is 24.5 Å². The number of esters is 2. The Labute approximate surface area is 836 Å². The van der Waals surface area contributed by atoms with Crippen LogP contribution in [0.15, 0.2) is 217 Å². The standard InChI is InChI=1S/C29H31N5O4SSi.C16H21NO4.2C12H15NO3.C9H10O2.C8H8O2.C6H10O2.C3H9IOS.C3H5NO.3ClH.Fe/c1-19-22-23(39-25(19)34-30-17-18-31-34)32-27(37)33(24(22)35)29(5,6)26(36)38-40(28(2,3)4,20-13-9-7-10-14-20)21-15-11-8-12-16-21;1-3-7-16(18)21-12-15(20-11-6-10-17)13-8-4-5-9-14(13)19-2;2*1-15-11-6-3-2-5-10(11)12(9-14)16-8-4-7-13;1-10-8-5-3-2-4-7(8)9-6-11-9;1-10-8-5-3-2-4-7(8)6-9;1-3-5-6(7)8-4-2;1-6(2,3,4)5;4-2-1-3-5;;;;/h7-18H,1-6H3,(H,32,37);4-5,8-9,15H,3,6-7,11-12H2,1-2H3;2*2-3,5-6,12,14H,4,8-9H2,1H3;2-5,9H,6H2,1H3;2-6H,1H3;4H,2-3,5H2,1H3;1-3H3;5H,1,3H2;3*1H;/q;;;;;;;;;;;;+3/p-3/t;15-;12-;;;;;;;;;;/m.00........../s1. The molecular formula is C98H124Cl3FeIN9O22S2Si. The van der Waals surface area contributed by atoms with E-state index in [1.165, 1.54) is 28.5 Å². The van der Waals surface area contributed by atoms with Crippen LogP contribution in [0.1, 0.15) is 162 Å². The molecule has 7 aromatic carbocycles. The first-order chi connectivity index (χ1) is 65.3. The fourth-order valence-corrected chi connectivity index (χ4v) is 17.8. The number of hydrogen-bond acceptors (Lipinski definition) is 29. The SMILES string of the molecule is C=COC(=O)CCC.CCCC(=O)OC[C@H](OCCC#N)c1ccccc1OC.COc1ccccc1C(CO)OCCC#N.COc1ccccc1C1CO1.COc1ccccc1C=O.COc1ccccc1[C@H](CO)OCCC#N.CS(C)(C)(=O)I.Cc1c(-n2nccn2)sc2[nH]c(=O)n(C(C)(C)C(=O)O[Si](c3ccccc3)(c3ccccc3)C(C)(C)C)c(=O)c12.N#CCCO.[Cl][Fe]([Cl])[Cl]. The third kappa shape index (κ3) is 44.3. The summed E-state index contributed by atoms with van der Waals surface area (Å²) in [6, 6.07) is 64.4. The molecule has 0 saturated carbocycles. The van der Waals surface area contributed by atoms with Crippen LogP contribution in [0.25, 0.3) is 15.2 Å². The number of methoxy groups -OCH3 is 5. The monoisotopic (exact) mass is 2160 g/mol. The summed E-state index contributed by atoms with van der Waals surface area (Å²) in [7, 11) is 19.3. The number of carbonyl (C=O) groups excluding carboxylic acids is 4. The number of nitrogens with zero attached hydrogens (tertiary/aromatic N) is 8. The Bertz CT molecular complexity index is 5510. The van der Waals surface area contributed by atoms with Gasteiger partial charge in [0.15, 0.2) is 6.29 Å². The average Bonchev–Trinajstić information content (AvgIpc) is 1.16. The van der Waals surface area contributed by atoms with Crippen LogP contribution in [0.2, 0.25) is 5.04 Å². The number of aromatic nitrogens is 5. The number of para-hydroxylation sites is 5. The van der Waals surface area contributed by atoms with Crippen LogP contribution in [0, 0.1) is 52.2 Å². The Morgan fingerprint density at radius 1 is 0.620 bits per heavy atom. The Morgan fingerprint density at radius 3 is 1.36 bits per heavy atom. The van der Waals surface area contributed by atoms with Crippen molar-refractivity contribution in [3.8, 4) is 58.0 Å². The van der Waals surface area contributed by atoms with Crippen molar-refractivity contribution in [1.29, 1.82) is 21.0 Å². The van der Waals surface area contributed by atoms with E-state index in [4.69, 9.17) is 108 Å². The van der Waals surface area contributed by atoms with Gasteiger partial charge in [-0.1, -0.05) is 204 Å². The van der Waals surface area contributed by atoms with Crippen molar-refractivity contribution < 1.29 is 106 Å². The second-order valence-electron chi connectivity index (χ2n) is 30.9. The molecule has 11 rings (SSSR count). The van der Waals surface area contributed by atoms with E-state index in [9.17, 15) is 43.2 Å². The minimum atomic E-state index is -3.28. The number of aliphatic hydroxyl groups is 3. The van der Waals surface area contributed by atoms with Gasteiger partial charge in [-0.3, -0.25) is 33.2 Å². The van der Waals surface area contributed by atoms with E-state index >= 15 is 0 Å². The van der Waals surface area contributed by atoms with Gasteiger partial charge >= 0.3 is 73.4 Å². The number of benzene rings is 7. The number of aldehydes is 1. The minimum absolute atomic E-state index is 0.0174. The van der Waals surface area contributed by atoms with Gasteiger partial charge in [0, 0.05) is 61.9 Å². The third-order valence-electron chi connectivity index (χ3n) is 18.5. The Hall–Kier alpha value is -10.7. The Balaban J connectivity index is 0.000000560. The molecule has 0 spiro atoms. The number of nitrogens with one attached hydrogen (secondary N) is 1. The van der Waals surface area contributed by atoms with Crippen LogP contribution in [0.3, 0.4) is 0 Å². The quantitative estimate of drug-likeness (QED) is 0.00419. The molecule has 4 N–H and O–H groups in total. The van der Waals surface area contributed by atoms with E-state index in [2.05, 4.69) is 47.3 Å². The maximum absolute atomic E-state index is 14.3. The number of hydrogen-bond donors (Lipinski definition) is 4. The van der Waals surface area contributed by atoms with Crippen molar-refractivity contribution >= 4 is 122 Å². The number of rotatable bonds is 35. The number of aliphatic hydroxyl groups excluding tert-OH is 3. The molecule has 0 aliphatic carbocycles. The van der Waals surface area contributed by atoms with Crippen LogP contribution < -0.4 is 45.3 Å². The molecule has 4 heterocycles. The summed E-state index contributed by atoms with van der Waals surface area (Å²) >= 11 is 1.84. The number of aryl methyl sites for hydroxylation is 1. The molecule has 3 aromatic heterocycles. The number of aromatic amines is 1. The molecule has 2 unspecified atom stereocenters. The zero-order chi connectivity index (χ0) is 103. The van der Waals surface area contributed by atoms with E-state index in [-0.39, 0.29) is 63.9 Å². The predicted octanol–water partition coefficient (Wildman–Crippen LogP) is 17.6. The summed E-state index contributed by atoms with van der Waals surface area (Å²) in [4.78, 5) is 78.3. The van der Waals surface area contributed by atoms with Crippen molar-refractivity contribution in [3.05, 3.63) is 261 Å². The Morgan fingerprint density at radius 2 is 1.00 bits per heavy atom. The van der Waals surface area contributed by atoms with Gasteiger partial charge in [0.05, 0.1) is 161 Å². The van der Waals surface area contributed by atoms with E-state index in [0.717, 1.165) is 74.9 Å². The number of fused-ring (bicyclic) bond motifs is 1. The van der Waals surface area contributed by atoms with Crippen molar-refractivity contribution in [2.45, 2.75) is 142 Å². The van der Waals surface area contributed by atoms with E-state index in [0.29, 0.717) is 88.2 Å². The average molecular weight is 2160 g/mol. The number of H-pyrrole nitrogens is 1. The second-order valence-corrected chi connectivity index (χ2v) is 55.1. The molecule has 137 heavy (non-hydrogen) atoms. The molecule has 1 aliphatic rings. The molecule has 39 heteroatoms. The van der Waals surface area contributed by atoms with Crippen LogP contribution >= 0.6 is 62.8 Å². The summed E-state index contributed by atoms with van der Waals surface area (Å²) in [6.45, 7) is 19.7. The fraction of sp³-hybridized carbons (Fsp3) is 0.388. The van der Waals surface area contributed by atoms with Gasteiger partial charge in [-0.25, -0.2) is 9.36 Å². The predicted molar refractivity (Wildman–Crippen MR) is 541 cm³/mol. The van der Waals surface area contributed by atoms with Crippen LogP contribution in [0.4, 0.5) is 0 Å². The van der Waals surface area contributed by atoms with E-state index in [1.807, 2.05) is 217 Å².